The van der Waals surface area contributed by atoms with Crippen LogP contribution in [-0.2, 0) is 0 Å². The zero-order valence-electron chi connectivity index (χ0n) is 11.5. The number of hydrogen-bond acceptors (Lipinski definition) is 3. The van der Waals surface area contributed by atoms with Crippen LogP contribution in [0.4, 0.5) is 0 Å². The second-order valence-electron chi connectivity index (χ2n) is 6.72. The van der Waals surface area contributed by atoms with Crippen molar-refractivity contribution in [2.75, 3.05) is 26.2 Å². The summed E-state index contributed by atoms with van der Waals surface area (Å²) in [6, 6.07) is 0. The van der Waals surface area contributed by atoms with Crippen LogP contribution >= 0.6 is 0 Å². The fourth-order valence-electron chi connectivity index (χ4n) is 2.18. The molecule has 0 spiro atoms. The zero-order chi connectivity index (χ0) is 12.4. The number of nitrogens with zero attached hydrogens (tertiary/aromatic N) is 1. The standard InChI is InChI=1S/C13H28N2O/c1-11(8-14-12(2,3)4)9-15-7-6-13(5,16)10-15/h11,14,16H,6-10H2,1-5H3. The van der Waals surface area contributed by atoms with Gasteiger partial charge in [-0.25, -0.2) is 0 Å². The Morgan fingerprint density at radius 3 is 2.50 bits per heavy atom. The van der Waals surface area contributed by atoms with Gasteiger partial charge in [0.25, 0.3) is 0 Å². The van der Waals surface area contributed by atoms with Gasteiger partial charge in [-0.15, -0.1) is 0 Å². The van der Waals surface area contributed by atoms with Crippen LogP contribution in [0, 0.1) is 5.92 Å². The highest BCUT2D eigenvalue weighted by Gasteiger charge is 2.31. The highest BCUT2D eigenvalue weighted by molar-refractivity contribution is 4.86. The molecule has 2 atom stereocenters. The van der Waals surface area contributed by atoms with E-state index in [0.29, 0.717) is 5.92 Å². The van der Waals surface area contributed by atoms with Gasteiger partial charge in [-0.2, -0.15) is 0 Å². The lowest BCUT2D eigenvalue weighted by molar-refractivity contribution is 0.0669. The van der Waals surface area contributed by atoms with Crippen molar-refractivity contribution in [2.24, 2.45) is 5.92 Å². The van der Waals surface area contributed by atoms with E-state index < -0.39 is 5.60 Å². The molecule has 0 bridgehead atoms. The molecular weight excluding hydrogens is 200 g/mol. The Morgan fingerprint density at radius 2 is 2.06 bits per heavy atom. The molecule has 2 unspecified atom stereocenters. The van der Waals surface area contributed by atoms with E-state index in [2.05, 4.69) is 37.9 Å². The Morgan fingerprint density at radius 1 is 1.44 bits per heavy atom. The minimum absolute atomic E-state index is 0.199. The molecule has 2 N–H and O–H groups in total. The van der Waals surface area contributed by atoms with E-state index >= 15 is 0 Å². The maximum atomic E-state index is 9.88. The minimum atomic E-state index is -0.461. The van der Waals surface area contributed by atoms with Crippen molar-refractivity contribution >= 4 is 0 Å². The Kier molecular flexibility index (Phi) is 4.38. The van der Waals surface area contributed by atoms with Gasteiger partial charge in [0.1, 0.15) is 0 Å². The van der Waals surface area contributed by atoms with Crippen molar-refractivity contribution in [3.8, 4) is 0 Å². The summed E-state index contributed by atoms with van der Waals surface area (Å²) >= 11 is 0. The first-order valence-electron chi connectivity index (χ1n) is 6.38. The summed E-state index contributed by atoms with van der Waals surface area (Å²) in [5, 5.41) is 13.4. The molecule has 0 radical (unpaired) electrons. The molecule has 16 heavy (non-hydrogen) atoms. The van der Waals surface area contributed by atoms with E-state index in [-0.39, 0.29) is 5.54 Å². The van der Waals surface area contributed by atoms with Crippen molar-refractivity contribution in [3.05, 3.63) is 0 Å². The van der Waals surface area contributed by atoms with Gasteiger partial charge in [0, 0.05) is 25.2 Å². The molecule has 1 heterocycles. The average molecular weight is 228 g/mol. The van der Waals surface area contributed by atoms with Crippen LogP contribution in [0.5, 0.6) is 0 Å². The molecule has 3 nitrogen and oxygen atoms in total. The first kappa shape index (κ1) is 13.9. The van der Waals surface area contributed by atoms with Gasteiger partial charge < -0.3 is 15.3 Å². The predicted octanol–water partition coefficient (Wildman–Crippen LogP) is 1.47. The lowest BCUT2D eigenvalue weighted by atomic mass is 10.1. The molecular formula is C13H28N2O. The molecule has 1 aliphatic heterocycles. The molecule has 1 rings (SSSR count). The molecule has 0 aromatic rings. The maximum Gasteiger partial charge on any atom is 0.0758 e. The topological polar surface area (TPSA) is 35.5 Å². The van der Waals surface area contributed by atoms with Crippen molar-refractivity contribution in [2.45, 2.75) is 52.2 Å². The summed E-state index contributed by atoms with van der Waals surface area (Å²) in [6.07, 6.45) is 0.909. The number of rotatable bonds is 4. The van der Waals surface area contributed by atoms with Crippen LogP contribution in [0.2, 0.25) is 0 Å². The van der Waals surface area contributed by atoms with Crippen LogP contribution in [0.1, 0.15) is 41.0 Å². The molecule has 1 saturated heterocycles. The summed E-state index contributed by atoms with van der Waals surface area (Å²) in [6.45, 7) is 14.8. The first-order valence-corrected chi connectivity index (χ1v) is 6.38. The number of nitrogens with one attached hydrogen (secondary N) is 1. The Bertz CT molecular complexity index is 220. The second kappa shape index (κ2) is 5.03. The van der Waals surface area contributed by atoms with E-state index in [1.807, 2.05) is 6.92 Å². The highest BCUT2D eigenvalue weighted by atomic mass is 16.3. The van der Waals surface area contributed by atoms with Gasteiger partial charge in [0.15, 0.2) is 0 Å². The summed E-state index contributed by atoms with van der Waals surface area (Å²) < 4.78 is 0. The monoisotopic (exact) mass is 228 g/mol. The molecule has 96 valence electrons. The first-order chi connectivity index (χ1) is 7.18. The SMILES string of the molecule is CC(CNC(C)(C)C)CN1CCC(C)(O)C1. The van der Waals surface area contributed by atoms with E-state index in [1.54, 1.807) is 0 Å². The smallest absolute Gasteiger partial charge is 0.0758 e. The minimum Gasteiger partial charge on any atom is -0.389 e. The maximum absolute atomic E-state index is 9.88. The summed E-state index contributed by atoms with van der Waals surface area (Å²) in [4.78, 5) is 2.37. The number of β-amino-alcohol motifs (C(OH)–C–C–N with tert-alkyl or cyclic N) is 1. The quantitative estimate of drug-likeness (QED) is 0.765. The lowest BCUT2D eigenvalue weighted by Crippen LogP contribution is -2.41. The predicted molar refractivity (Wildman–Crippen MR) is 68.6 cm³/mol. The van der Waals surface area contributed by atoms with Crippen molar-refractivity contribution in [1.29, 1.82) is 0 Å². The van der Waals surface area contributed by atoms with Crippen molar-refractivity contribution < 1.29 is 5.11 Å². The lowest BCUT2D eigenvalue weighted by Gasteiger charge is -2.26. The molecule has 0 aromatic carbocycles. The molecule has 0 aromatic heterocycles. The van der Waals surface area contributed by atoms with Gasteiger partial charge in [-0.05, 0) is 46.6 Å². The Balaban J connectivity index is 2.23. The third kappa shape index (κ3) is 5.28. The Labute approximate surface area is 100 Å². The molecule has 0 saturated carbocycles. The van der Waals surface area contributed by atoms with E-state index in [0.717, 1.165) is 32.6 Å². The summed E-state index contributed by atoms with van der Waals surface area (Å²) in [5.41, 5.74) is -0.262. The van der Waals surface area contributed by atoms with E-state index in [4.69, 9.17) is 0 Å². The fourth-order valence-corrected chi connectivity index (χ4v) is 2.18. The van der Waals surface area contributed by atoms with Crippen LogP contribution in [-0.4, -0.2) is 47.3 Å². The largest absolute Gasteiger partial charge is 0.389 e. The van der Waals surface area contributed by atoms with E-state index in [1.165, 1.54) is 0 Å². The normalized spacial score (nSPS) is 29.6. The molecule has 0 aliphatic carbocycles. The second-order valence-corrected chi connectivity index (χ2v) is 6.72. The van der Waals surface area contributed by atoms with Crippen molar-refractivity contribution in [3.63, 3.8) is 0 Å². The number of likely N-dealkylation sites (tertiary alicyclic amines) is 1. The van der Waals surface area contributed by atoms with Crippen LogP contribution in [0.15, 0.2) is 0 Å². The number of aliphatic hydroxyl groups is 1. The molecule has 1 aliphatic rings. The van der Waals surface area contributed by atoms with Crippen LogP contribution in [0.25, 0.3) is 0 Å². The number of hydrogen-bond donors (Lipinski definition) is 2. The third-order valence-electron chi connectivity index (χ3n) is 3.08. The average Bonchev–Trinajstić information content (AvgIpc) is 2.41. The fraction of sp³-hybridized carbons (Fsp3) is 1.00. The zero-order valence-corrected chi connectivity index (χ0v) is 11.5. The van der Waals surface area contributed by atoms with Crippen molar-refractivity contribution in [1.82, 2.24) is 10.2 Å². The van der Waals surface area contributed by atoms with Gasteiger partial charge in [0.2, 0.25) is 0 Å². The summed E-state index contributed by atoms with van der Waals surface area (Å²) in [7, 11) is 0. The van der Waals surface area contributed by atoms with Gasteiger partial charge in [-0.1, -0.05) is 6.92 Å². The third-order valence-corrected chi connectivity index (χ3v) is 3.08. The summed E-state index contributed by atoms with van der Waals surface area (Å²) in [5.74, 6) is 0.633. The van der Waals surface area contributed by atoms with E-state index in [9.17, 15) is 5.11 Å². The molecule has 3 heteroatoms. The molecule has 0 amide bonds. The van der Waals surface area contributed by atoms with Crippen LogP contribution < -0.4 is 5.32 Å². The Hall–Kier alpha value is -0.120. The van der Waals surface area contributed by atoms with Gasteiger partial charge in [-0.3, -0.25) is 0 Å². The van der Waals surface area contributed by atoms with Gasteiger partial charge >= 0.3 is 0 Å². The van der Waals surface area contributed by atoms with Crippen LogP contribution in [0.3, 0.4) is 0 Å². The highest BCUT2D eigenvalue weighted by Crippen LogP contribution is 2.20. The molecule has 1 fully saturated rings. The van der Waals surface area contributed by atoms with Gasteiger partial charge in [0.05, 0.1) is 5.60 Å².